The van der Waals surface area contributed by atoms with Crippen molar-refractivity contribution in [1.29, 1.82) is 0 Å². The molecule has 0 fully saturated rings. The van der Waals surface area contributed by atoms with Crippen LogP contribution in [-0.2, 0) is 13.0 Å². The van der Waals surface area contributed by atoms with Gasteiger partial charge in [0.05, 0.1) is 24.1 Å². The molecule has 1 amide bonds. The minimum atomic E-state index is -0.775. The number of benzene rings is 3. The number of hydrogen-bond donors (Lipinski definition) is 0. The first kappa shape index (κ1) is 24.8. The molecule has 0 aliphatic carbocycles. The van der Waals surface area contributed by atoms with Gasteiger partial charge in [-0.25, -0.2) is 0 Å². The molecular weight excluding hydrogens is 514 g/mol. The molecule has 1 unspecified atom stereocenters. The van der Waals surface area contributed by atoms with Crippen molar-refractivity contribution >= 4 is 33.3 Å². The number of anilines is 1. The molecule has 8 nitrogen and oxygen atoms in total. The van der Waals surface area contributed by atoms with Gasteiger partial charge in [0.1, 0.15) is 17.2 Å². The summed E-state index contributed by atoms with van der Waals surface area (Å²) in [4.78, 5) is 29.2. The van der Waals surface area contributed by atoms with Crippen molar-refractivity contribution in [3.63, 3.8) is 0 Å². The average molecular weight is 540 g/mol. The van der Waals surface area contributed by atoms with Gasteiger partial charge in [0.15, 0.2) is 16.9 Å². The summed E-state index contributed by atoms with van der Waals surface area (Å²) in [5, 5.41) is 10.1. The Balaban J connectivity index is 1.49. The van der Waals surface area contributed by atoms with E-state index < -0.39 is 11.9 Å². The zero-order valence-electron chi connectivity index (χ0n) is 21.6. The normalized spacial score (nSPS) is 14.6. The van der Waals surface area contributed by atoms with Crippen molar-refractivity contribution in [2.75, 3.05) is 12.0 Å². The molecule has 3 aromatic carbocycles. The van der Waals surface area contributed by atoms with Crippen molar-refractivity contribution in [2.24, 2.45) is 0 Å². The van der Waals surface area contributed by atoms with Crippen LogP contribution in [0, 0.1) is 6.92 Å². The second-order valence-corrected chi connectivity index (χ2v) is 10.3. The van der Waals surface area contributed by atoms with Gasteiger partial charge in [-0.3, -0.25) is 14.5 Å². The van der Waals surface area contributed by atoms with Crippen molar-refractivity contribution in [1.82, 2.24) is 10.2 Å². The van der Waals surface area contributed by atoms with E-state index in [1.165, 1.54) is 16.2 Å². The number of carbonyl (C=O) groups is 1. The summed E-state index contributed by atoms with van der Waals surface area (Å²) in [6.45, 7) is 4.25. The highest BCUT2D eigenvalue weighted by molar-refractivity contribution is 7.15. The summed E-state index contributed by atoms with van der Waals surface area (Å²) in [6.07, 6.45) is 0.679. The summed E-state index contributed by atoms with van der Waals surface area (Å²) < 4.78 is 17.8. The van der Waals surface area contributed by atoms with Gasteiger partial charge in [-0.2, -0.15) is 0 Å². The first-order valence-electron chi connectivity index (χ1n) is 12.6. The number of carbonyl (C=O) groups excluding carboxylic acids is 1. The molecular formula is C30H25N3O5S. The van der Waals surface area contributed by atoms with Gasteiger partial charge in [-0.05, 0) is 48.7 Å². The number of aromatic nitrogens is 2. The third-order valence-electron chi connectivity index (χ3n) is 6.73. The molecule has 0 bridgehead atoms. The second-order valence-electron chi connectivity index (χ2n) is 9.27. The number of nitrogens with zero attached hydrogens (tertiary/aromatic N) is 3. The Bertz CT molecular complexity index is 1760. The third kappa shape index (κ3) is 4.34. The summed E-state index contributed by atoms with van der Waals surface area (Å²) in [6, 6.07) is 19.8. The standard InChI is InChI=1S/C30H25N3O5S/c1-4-24-31-32-30(39-24)33-26(25-27(34)20-14-17(2)10-12-21(20)38-28(25)29(33)35)19-11-13-22(23(15-19)36-3)37-16-18-8-6-5-7-9-18/h5-15,26H,4,16H2,1-3H3. The van der Waals surface area contributed by atoms with Crippen LogP contribution in [0.1, 0.15) is 50.8 Å². The number of rotatable bonds is 7. The van der Waals surface area contributed by atoms with Gasteiger partial charge in [0.2, 0.25) is 10.9 Å². The molecule has 39 heavy (non-hydrogen) atoms. The zero-order chi connectivity index (χ0) is 27.1. The van der Waals surface area contributed by atoms with E-state index in [1.807, 2.05) is 56.3 Å². The van der Waals surface area contributed by atoms with E-state index in [-0.39, 0.29) is 16.8 Å². The molecule has 3 heterocycles. The molecule has 0 radical (unpaired) electrons. The predicted molar refractivity (Wildman–Crippen MR) is 149 cm³/mol. The first-order valence-corrected chi connectivity index (χ1v) is 13.4. The molecule has 1 atom stereocenters. The van der Waals surface area contributed by atoms with E-state index >= 15 is 0 Å². The Labute approximate surface area is 228 Å². The minimum Gasteiger partial charge on any atom is -0.493 e. The maximum atomic E-state index is 13.9. The average Bonchev–Trinajstić information content (AvgIpc) is 3.55. The Kier molecular flexibility index (Phi) is 6.36. The Hall–Kier alpha value is -4.50. The summed E-state index contributed by atoms with van der Waals surface area (Å²) in [5.41, 5.74) is 3.00. The van der Waals surface area contributed by atoms with Crippen LogP contribution in [0.5, 0.6) is 11.5 Å². The topological polar surface area (TPSA) is 94.8 Å². The molecule has 0 saturated carbocycles. The van der Waals surface area contributed by atoms with Gasteiger partial charge < -0.3 is 13.9 Å². The fourth-order valence-electron chi connectivity index (χ4n) is 4.79. The number of aryl methyl sites for hydroxylation is 2. The third-order valence-corrected chi connectivity index (χ3v) is 7.80. The predicted octanol–water partition coefficient (Wildman–Crippen LogP) is 5.85. The lowest BCUT2D eigenvalue weighted by atomic mass is 9.98. The molecule has 0 saturated heterocycles. The summed E-state index contributed by atoms with van der Waals surface area (Å²) in [7, 11) is 1.56. The highest BCUT2D eigenvalue weighted by Crippen LogP contribution is 2.44. The maximum absolute atomic E-state index is 13.9. The number of methoxy groups -OCH3 is 1. The highest BCUT2D eigenvalue weighted by Gasteiger charge is 2.45. The molecule has 196 valence electrons. The monoisotopic (exact) mass is 539 g/mol. The SMILES string of the molecule is CCc1nnc(N2C(=O)c3oc4ccc(C)cc4c(=O)c3C2c2ccc(OCc3ccccc3)c(OC)c2)s1. The molecule has 1 aliphatic rings. The number of hydrogen-bond acceptors (Lipinski definition) is 8. The maximum Gasteiger partial charge on any atom is 0.297 e. The van der Waals surface area contributed by atoms with Crippen LogP contribution in [0.4, 0.5) is 5.13 Å². The van der Waals surface area contributed by atoms with E-state index in [0.29, 0.717) is 46.2 Å². The van der Waals surface area contributed by atoms with Gasteiger partial charge in [-0.1, -0.05) is 66.3 Å². The molecule has 0 N–H and O–H groups in total. The van der Waals surface area contributed by atoms with E-state index in [4.69, 9.17) is 13.9 Å². The first-order chi connectivity index (χ1) is 19.0. The lowest BCUT2D eigenvalue weighted by Gasteiger charge is -2.23. The van der Waals surface area contributed by atoms with Crippen LogP contribution in [0.2, 0.25) is 0 Å². The van der Waals surface area contributed by atoms with E-state index in [2.05, 4.69) is 10.2 Å². The number of amides is 1. The Morgan fingerprint density at radius 2 is 1.82 bits per heavy atom. The van der Waals surface area contributed by atoms with Crippen molar-refractivity contribution in [2.45, 2.75) is 32.9 Å². The van der Waals surface area contributed by atoms with E-state index in [0.717, 1.165) is 16.1 Å². The van der Waals surface area contributed by atoms with E-state index in [1.54, 1.807) is 31.4 Å². The van der Waals surface area contributed by atoms with Crippen molar-refractivity contribution in [3.05, 3.63) is 110 Å². The van der Waals surface area contributed by atoms with Gasteiger partial charge in [-0.15, -0.1) is 10.2 Å². The fraction of sp³-hybridized carbons (Fsp3) is 0.200. The lowest BCUT2D eigenvalue weighted by molar-refractivity contribution is 0.0970. The molecule has 6 rings (SSSR count). The Morgan fingerprint density at radius 3 is 2.56 bits per heavy atom. The van der Waals surface area contributed by atoms with E-state index in [9.17, 15) is 9.59 Å². The minimum absolute atomic E-state index is 0.0120. The quantitative estimate of drug-likeness (QED) is 0.256. The van der Waals surface area contributed by atoms with Crippen molar-refractivity contribution in [3.8, 4) is 11.5 Å². The fourth-order valence-corrected chi connectivity index (χ4v) is 5.60. The van der Waals surface area contributed by atoms with Crippen LogP contribution in [0.15, 0.2) is 75.9 Å². The summed E-state index contributed by atoms with van der Waals surface area (Å²) >= 11 is 1.32. The highest BCUT2D eigenvalue weighted by atomic mass is 32.1. The lowest BCUT2D eigenvalue weighted by Crippen LogP contribution is -2.29. The van der Waals surface area contributed by atoms with Crippen LogP contribution in [-0.4, -0.2) is 23.2 Å². The number of fused-ring (bicyclic) bond motifs is 2. The Morgan fingerprint density at radius 1 is 1.00 bits per heavy atom. The molecule has 2 aromatic heterocycles. The molecule has 5 aromatic rings. The van der Waals surface area contributed by atoms with Crippen LogP contribution < -0.4 is 19.8 Å². The largest absolute Gasteiger partial charge is 0.493 e. The zero-order valence-corrected chi connectivity index (χ0v) is 22.5. The molecule has 9 heteroatoms. The smallest absolute Gasteiger partial charge is 0.297 e. The van der Waals surface area contributed by atoms with Gasteiger partial charge in [0.25, 0.3) is 5.91 Å². The van der Waals surface area contributed by atoms with Gasteiger partial charge in [0, 0.05) is 0 Å². The van der Waals surface area contributed by atoms with Crippen LogP contribution in [0.25, 0.3) is 11.0 Å². The van der Waals surface area contributed by atoms with Crippen LogP contribution in [0.3, 0.4) is 0 Å². The number of ether oxygens (including phenoxy) is 2. The van der Waals surface area contributed by atoms with Gasteiger partial charge >= 0.3 is 0 Å². The molecule has 1 aliphatic heterocycles. The summed E-state index contributed by atoms with van der Waals surface area (Å²) in [5.74, 6) is 0.609. The van der Waals surface area contributed by atoms with Crippen LogP contribution >= 0.6 is 11.3 Å². The van der Waals surface area contributed by atoms with Crippen molar-refractivity contribution < 1.29 is 18.7 Å². The molecule has 0 spiro atoms. The second kappa shape index (κ2) is 9.99.